The molecule has 1 rings (SSSR count). The zero-order chi connectivity index (χ0) is 12.8. The van der Waals surface area contributed by atoms with Gasteiger partial charge in [-0.3, -0.25) is 9.69 Å². The van der Waals surface area contributed by atoms with E-state index < -0.39 is 0 Å². The van der Waals surface area contributed by atoms with Gasteiger partial charge in [0.05, 0.1) is 17.4 Å². The van der Waals surface area contributed by atoms with Crippen molar-refractivity contribution in [3.05, 3.63) is 21.3 Å². The summed E-state index contributed by atoms with van der Waals surface area (Å²) in [5, 5.41) is 0. The first-order chi connectivity index (χ1) is 8.02. The quantitative estimate of drug-likeness (QED) is 0.850. The van der Waals surface area contributed by atoms with Crippen LogP contribution in [0.15, 0.2) is 12.1 Å². The van der Waals surface area contributed by atoms with Crippen molar-refractivity contribution < 1.29 is 4.79 Å². The second-order valence-corrected chi connectivity index (χ2v) is 5.78. The number of thiophene rings is 1. The number of carbonyl (C=O) groups is 1. The Labute approximate surface area is 111 Å². The van der Waals surface area contributed by atoms with Crippen molar-refractivity contribution in [2.24, 2.45) is 5.73 Å². The molecule has 0 fully saturated rings. The Bertz CT molecular complexity index is 369. The molecule has 0 saturated heterocycles. The Morgan fingerprint density at radius 3 is 2.71 bits per heavy atom. The molecule has 0 aliphatic heterocycles. The minimum absolute atomic E-state index is 0.0884. The highest BCUT2D eigenvalue weighted by molar-refractivity contribution is 7.16. The van der Waals surface area contributed by atoms with Crippen LogP contribution in [0.5, 0.6) is 0 Å². The van der Waals surface area contributed by atoms with E-state index in [0.717, 1.165) is 15.8 Å². The Morgan fingerprint density at radius 2 is 2.18 bits per heavy atom. The van der Waals surface area contributed by atoms with Crippen LogP contribution in [0.25, 0.3) is 0 Å². The number of likely N-dealkylation sites (N-methyl/N-ethyl adjacent to an activating group) is 2. The van der Waals surface area contributed by atoms with Crippen LogP contribution in [-0.2, 0) is 11.3 Å². The summed E-state index contributed by atoms with van der Waals surface area (Å²) < 4.78 is 0.751. The van der Waals surface area contributed by atoms with Crippen molar-refractivity contribution in [2.45, 2.75) is 6.54 Å². The minimum Gasteiger partial charge on any atom is -0.340 e. The molecule has 0 spiro atoms. The van der Waals surface area contributed by atoms with Crippen LogP contribution >= 0.6 is 22.9 Å². The molecule has 2 N–H and O–H groups in total. The molecule has 4 nitrogen and oxygen atoms in total. The molecule has 0 aliphatic carbocycles. The SMILES string of the molecule is CN(CCN)CC(=O)N(C)Cc1ccc(Cl)s1. The van der Waals surface area contributed by atoms with Crippen LogP contribution in [0.1, 0.15) is 4.88 Å². The lowest BCUT2D eigenvalue weighted by molar-refractivity contribution is -0.131. The molecule has 1 aromatic rings. The summed E-state index contributed by atoms with van der Waals surface area (Å²) in [6.07, 6.45) is 0. The first-order valence-electron chi connectivity index (χ1n) is 5.39. The third-order valence-electron chi connectivity index (χ3n) is 2.36. The van der Waals surface area contributed by atoms with Crippen molar-refractivity contribution in [1.82, 2.24) is 9.80 Å². The number of hydrogen-bond acceptors (Lipinski definition) is 4. The van der Waals surface area contributed by atoms with E-state index in [1.165, 1.54) is 11.3 Å². The smallest absolute Gasteiger partial charge is 0.236 e. The zero-order valence-electron chi connectivity index (χ0n) is 10.1. The molecule has 0 aliphatic rings. The maximum absolute atomic E-state index is 11.9. The number of rotatable bonds is 6. The fourth-order valence-corrected chi connectivity index (χ4v) is 2.55. The van der Waals surface area contributed by atoms with E-state index in [0.29, 0.717) is 19.6 Å². The van der Waals surface area contributed by atoms with Gasteiger partial charge in [-0.25, -0.2) is 0 Å². The average molecular weight is 276 g/mol. The Balaban J connectivity index is 2.41. The molecule has 0 atom stereocenters. The molecule has 6 heteroatoms. The van der Waals surface area contributed by atoms with E-state index in [1.54, 1.807) is 11.9 Å². The van der Waals surface area contributed by atoms with Gasteiger partial charge in [-0.2, -0.15) is 0 Å². The van der Waals surface area contributed by atoms with Gasteiger partial charge in [0.2, 0.25) is 5.91 Å². The number of nitrogens with zero attached hydrogens (tertiary/aromatic N) is 2. The van der Waals surface area contributed by atoms with Gasteiger partial charge in [0.1, 0.15) is 0 Å². The molecule has 0 saturated carbocycles. The van der Waals surface area contributed by atoms with E-state index in [-0.39, 0.29) is 5.91 Å². The fraction of sp³-hybridized carbons (Fsp3) is 0.545. The predicted molar refractivity (Wildman–Crippen MR) is 72.4 cm³/mol. The van der Waals surface area contributed by atoms with Gasteiger partial charge in [-0.05, 0) is 19.2 Å². The van der Waals surface area contributed by atoms with Crippen molar-refractivity contribution in [3.63, 3.8) is 0 Å². The number of hydrogen-bond donors (Lipinski definition) is 1. The van der Waals surface area contributed by atoms with E-state index >= 15 is 0 Å². The van der Waals surface area contributed by atoms with Gasteiger partial charge in [-0.1, -0.05) is 11.6 Å². The summed E-state index contributed by atoms with van der Waals surface area (Å²) in [5.41, 5.74) is 5.43. The van der Waals surface area contributed by atoms with E-state index in [2.05, 4.69) is 0 Å². The molecule has 0 unspecified atom stereocenters. The molecular formula is C11H18ClN3OS. The second kappa shape index (κ2) is 6.96. The van der Waals surface area contributed by atoms with Gasteiger partial charge >= 0.3 is 0 Å². The van der Waals surface area contributed by atoms with Crippen LogP contribution in [-0.4, -0.2) is 49.4 Å². The maximum atomic E-state index is 11.9. The van der Waals surface area contributed by atoms with Crippen LogP contribution in [0.4, 0.5) is 0 Å². The average Bonchev–Trinajstić information content (AvgIpc) is 2.64. The first-order valence-corrected chi connectivity index (χ1v) is 6.59. The second-order valence-electron chi connectivity index (χ2n) is 3.98. The molecule has 17 heavy (non-hydrogen) atoms. The highest BCUT2D eigenvalue weighted by Crippen LogP contribution is 2.22. The molecule has 96 valence electrons. The summed E-state index contributed by atoms with van der Waals surface area (Å²) in [6.45, 7) is 2.29. The Morgan fingerprint density at radius 1 is 1.47 bits per heavy atom. The van der Waals surface area contributed by atoms with Crippen molar-refractivity contribution >= 4 is 28.8 Å². The van der Waals surface area contributed by atoms with E-state index in [1.807, 2.05) is 24.1 Å². The maximum Gasteiger partial charge on any atom is 0.236 e. The summed E-state index contributed by atoms with van der Waals surface area (Å²) >= 11 is 7.34. The number of carbonyl (C=O) groups excluding carboxylic acids is 1. The zero-order valence-corrected chi connectivity index (χ0v) is 11.7. The largest absolute Gasteiger partial charge is 0.340 e. The molecule has 0 bridgehead atoms. The third-order valence-corrected chi connectivity index (χ3v) is 3.58. The summed E-state index contributed by atoms with van der Waals surface area (Å²) in [4.78, 5) is 16.6. The standard InChI is InChI=1S/C11H18ClN3OS/c1-14(6-5-13)8-11(16)15(2)7-9-3-4-10(12)17-9/h3-4H,5-8,13H2,1-2H3. The summed E-state index contributed by atoms with van der Waals surface area (Å²) in [6, 6.07) is 3.79. The summed E-state index contributed by atoms with van der Waals surface area (Å²) in [7, 11) is 3.69. The minimum atomic E-state index is 0.0884. The normalized spacial score (nSPS) is 10.9. The van der Waals surface area contributed by atoms with Gasteiger partial charge in [-0.15, -0.1) is 11.3 Å². The van der Waals surface area contributed by atoms with Crippen LogP contribution in [0, 0.1) is 0 Å². The number of nitrogens with two attached hydrogens (primary N) is 1. The van der Waals surface area contributed by atoms with Crippen LogP contribution in [0.2, 0.25) is 4.34 Å². The predicted octanol–water partition coefficient (Wildman–Crippen LogP) is 1.25. The Hall–Kier alpha value is -0.620. The van der Waals surface area contributed by atoms with Gasteiger partial charge in [0.25, 0.3) is 0 Å². The Kier molecular flexibility index (Phi) is 5.91. The molecular weight excluding hydrogens is 258 g/mol. The van der Waals surface area contributed by atoms with E-state index in [4.69, 9.17) is 17.3 Å². The lowest BCUT2D eigenvalue weighted by atomic mass is 10.4. The van der Waals surface area contributed by atoms with Crippen molar-refractivity contribution in [3.8, 4) is 0 Å². The topological polar surface area (TPSA) is 49.6 Å². The monoisotopic (exact) mass is 275 g/mol. The molecule has 1 amide bonds. The van der Waals surface area contributed by atoms with Gasteiger partial charge < -0.3 is 10.6 Å². The third kappa shape index (κ3) is 5.04. The van der Waals surface area contributed by atoms with Crippen LogP contribution < -0.4 is 5.73 Å². The van der Waals surface area contributed by atoms with Gasteiger partial charge in [0, 0.05) is 25.0 Å². The van der Waals surface area contributed by atoms with Crippen molar-refractivity contribution in [1.29, 1.82) is 0 Å². The highest BCUT2D eigenvalue weighted by Gasteiger charge is 2.12. The first kappa shape index (κ1) is 14.4. The molecule has 1 aromatic heterocycles. The van der Waals surface area contributed by atoms with Crippen LogP contribution in [0.3, 0.4) is 0 Å². The lowest BCUT2D eigenvalue weighted by Gasteiger charge is -2.20. The molecule has 1 heterocycles. The van der Waals surface area contributed by atoms with E-state index in [9.17, 15) is 4.79 Å². The van der Waals surface area contributed by atoms with Crippen molar-refractivity contribution in [2.75, 3.05) is 33.7 Å². The fourth-order valence-electron chi connectivity index (χ4n) is 1.41. The lowest BCUT2D eigenvalue weighted by Crippen LogP contribution is -2.38. The highest BCUT2D eigenvalue weighted by atomic mass is 35.5. The molecule has 0 radical (unpaired) electrons. The number of halogens is 1. The molecule has 0 aromatic carbocycles. The summed E-state index contributed by atoms with van der Waals surface area (Å²) in [5.74, 6) is 0.0884. The van der Waals surface area contributed by atoms with Gasteiger partial charge in [0.15, 0.2) is 0 Å². The number of amides is 1.